The fraction of sp³-hybridized carbons (Fsp3) is 0. The largest absolute Gasteiger partial charge is 0.306 e. The van der Waals surface area contributed by atoms with Crippen LogP contribution in [0.4, 0.5) is 5.82 Å². The quantitative estimate of drug-likeness (QED) is 0.611. The molecule has 5 heteroatoms. The number of aromatic nitrogens is 2. The summed E-state index contributed by atoms with van der Waals surface area (Å²) in [6.07, 6.45) is 1.86. The fourth-order valence-electron chi connectivity index (χ4n) is 2.79. The van der Waals surface area contributed by atoms with Gasteiger partial charge < -0.3 is 5.32 Å². The number of benzene rings is 2. The van der Waals surface area contributed by atoms with Gasteiger partial charge in [0.25, 0.3) is 5.91 Å². The van der Waals surface area contributed by atoms with Gasteiger partial charge in [0.15, 0.2) is 0 Å². The summed E-state index contributed by atoms with van der Waals surface area (Å²) in [5.74, 6) is 0.360. The number of imidazole rings is 1. The molecular weight excluding hydrogens is 324 g/mol. The number of hydrogen-bond donors (Lipinski definition) is 1. The number of pyridine rings is 1. The Morgan fingerprint density at radius 3 is 2.42 bits per heavy atom. The molecule has 0 saturated carbocycles. The zero-order valence-electron chi connectivity index (χ0n) is 13.8. The number of fused-ring (bicyclic) bond motifs is 1. The summed E-state index contributed by atoms with van der Waals surface area (Å²) in [7, 11) is 0. The molecule has 0 fully saturated rings. The molecule has 0 spiro atoms. The van der Waals surface area contributed by atoms with Crippen LogP contribution in [0, 0.1) is 11.3 Å². The number of nitrogens with one attached hydrogen (secondary N) is 1. The van der Waals surface area contributed by atoms with Crippen LogP contribution in [-0.4, -0.2) is 15.3 Å². The molecule has 0 unspecified atom stereocenters. The van der Waals surface area contributed by atoms with Crippen LogP contribution >= 0.6 is 0 Å². The molecule has 124 valence electrons. The first-order chi connectivity index (χ1) is 12.8. The minimum absolute atomic E-state index is 0.252. The Bertz CT molecular complexity index is 1120. The van der Waals surface area contributed by atoms with E-state index in [1.807, 2.05) is 65.2 Å². The van der Waals surface area contributed by atoms with Crippen molar-refractivity contribution in [3.8, 4) is 17.3 Å². The minimum Gasteiger partial charge on any atom is -0.306 e. The second-order valence-corrected chi connectivity index (χ2v) is 5.75. The van der Waals surface area contributed by atoms with Gasteiger partial charge in [0, 0.05) is 17.3 Å². The first kappa shape index (κ1) is 15.6. The van der Waals surface area contributed by atoms with Crippen molar-refractivity contribution < 1.29 is 4.79 Å². The van der Waals surface area contributed by atoms with Crippen molar-refractivity contribution in [2.45, 2.75) is 0 Å². The summed E-state index contributed by atoms with van der Waals surface area (Å²) in [4.78, 5) is 17.4. The molecule has 0 atom stereocenters. The van der Waals surface area contributed by atoms with E-state index >= 15 is 0 Å². The van der Waals surface area contributed by atoms with Crippen molar-refractivity contribution in [3.63, 3.8) is 0 Å². The summed E-state index contributed by atoms with van der Waals surface area (Å²) in [6, 6.07) is 24.0. The predicted octanol–water partition coefficient (Wildman–Crippen LogP) is 4.13. The van der Waals surface area contributed by atoms with Crippen molar-refractivity contribution in [2.24, 2.45) is 0 Å². The van der Waals surface area contributed by atoms with Crippen LogP contribution in [0.3, 0.4) is 0 Å². The lowest BCUT2D eigenvalue weighted by atomic mass is 10.1. The van der Waals surface area contributed by atoms with Crippen LogP contribution in [0.25, 0.3) is 16.9 Å². The molecule has 2 aromatic heterocycles. The molecule has 4 aromatic rings. The lowest BCUT2D eigenvalue weighted by Crippen LogP contribution is -2.14. The second kappa shape index (κ2) is 6.54. The average molecular weight is 338 g/mol. The number of nitriles is 1. The summed E-state index contributed by atoms with van der Waals surface area (Å²) in [5, 5.41) is 11.9. The van der Waals surface area contributed by atoms with Gasteiger partial charge in [-0.25, -0.2) is 4.98 Å². The predicted molar refractivity (Wildman–Crippen MR) is 99.7 cm³/mol. The maximum Gasteiger partial charge on any atom is 0.256 e. The van der Waals surface area contributed by atoms with Crippen LogP contribution in [0.1, 0.15) is 15.9 Å². The van der Waals surface area contributed by atoms with Crippen LogP contribution < -0.4 is 5.32 Å². The Hall–Kier alpha value is -3.91. The molecule has 0 saturated heterocycles. The molecule has 1 amide bonds. The van der Waals surface area contributed by atoms with Gasteiger partial charge in [0.05, 0.1) is 11.6 Å². The Labute approximate surface area is 150 Å². The van der Waals surface area contributed by atoms with Gasteiger partial charge in [-0.15, -0.1) is 0 Å². The highest BCUT2D eigenvalue weighted by Crippen LogP contribution is 2.28. The molecular formula is C21H14N4O. The minimum atomic E-state index is -0.252. The number of rotatable bonds is 3. The van der Waals surface area contributed by atoms with E-state index in [-0.39, 0.29) is 5.91 Å². The highest BCUT2D eigenvalue weighted by molar-refractivity contribution is 6.05. The van der Waals surface area contributed by atoms with E-state index in [0.29, 0.717) is 22.6 Å². The maximum absolute atomic E-state index is 12.7. The Balaban J connectivity index is 1.77. The fourth-order valence-corrected chi connectivity index (χ4v) is 2.79. The SMILES string of the molecule is N#Cc1ccc(C(=O)Nc2c(-c3ccccc3)nc3ccccn23)cc1. The van der Waals surface area contributed by atoms with Crippen molar-refractivity contribution in [2.75, 3.05) is 5.32 Å². The molecule has 0 aliphatic carbocycles. The van der Waals surface area contributed by atoms with E-state index in [9.17, 15) is 4.79 Å². The van der Waals surface area contributed by atoms with Gasteiger partial charge >= 0.3 is 0 Å². The van der Waals surface area contributed by atoms with E-state index in [2.05, 4.69) is 10.3 Å². The number of anilines is 1. The highest BCUT2D eigenvalue weighted by atomic mass is 16.1. The van der Waals surface area contributed by atoms with E-state index in [4.69, 9.17) is 5.26 Å². The maximum atomic E-state index is 12.7. The van der Waals surface area contributed by atoms with Gasteiger partial charge in [-0.3, -0.25) is 9.20 Å². The molecule has 2 aromatic carbocycles. The lowest BCUT2D eigenvalue weighted by molar-refractivity contribution is 0.102. The number of hydrogen-bond acceptors (Lipinski definition) is 3. The number of nitrogens with zero attached hydrogens (tertiary/aromatic N) is 3. The van der Waals surface area contributed by atoms with E-state index in [1.54, 1.807) is 24.3 Å². The van der Waals surface area contributed by atoms with Crippen LogP contribution in [0.5, 0.6) is 0 Å². The van der Waals surface area contributed by atoms with Gasteiger partial charge in [0.2, 0.25) is 0 Å². The molecule has 2 heterocycles. The monoisotopic (exact) mass is 338 g/mol. The molecule has 0 aliphatic rings. The van der Waals surface area contributed by atoms with Crippen molar-refractivity contribution in [3.05, 3.63) is 90.1 Å². The number of carbonyl (C=O) groups excluding carboxylic acids is 1. The Kier molecular flexibility index (Phi) is 3.92. The van der Waals surface area contributed by atoms with Crippen molar-refractivity contribution >= 4 is 17.4 Å². The molecule has 4 rings (SSSR count). The molecule has 1 N–H and O–H groups in total. The third-order valence-corrected chi connectivity index (χ3v) is 4.09. The van der Waals surface area contributed by atoms with Crippen LogP contribution in [0.2, 0.25) is 0 Å². The van der Waals surface area contributed by atoms with E-state index < -0.39 is 0 Å². The van der Waals surface area contributed by atoms with Crippen molar-refractivity contribution in [1.29, 1.82) is 5.26 Å². The molecule has 5 nitrogen and oxygen atoms in total. The third-order valence-electron chi connectivity index (χ3n) is 4.09. The van der Waals surface area contributed by atoms with Crippen LogP contribution in [0.15, 0.2) is 79.0 Å². The number of amides is 1. The summed E-state index contributed by atoms with van der Waals surface area (Å²) < 4.78 is 1.85. The van der Waals surface area contributed by atoms with E-state index in [0.717, 1.165) is 11.2 Å². The standard InChI is InChI=1S/C21H14N4O/c22-14-15-9-11-17(12-10-15)21(26)24-20-19(16-6-2-1-3-7-16)23-18-8-4-5-13-25(18)20/h1-13H,(H,24,26). The van der Waals surface area contributed by atoms with Gasteiger partial charge in [-0.1, -0.05) is 36.4 Å². The van der Waals surface area contributed by atoms with Crippen molar-refractivity contribution in [1.82, 2.24) is 9.38 Å². The van der Waals surface area contributed by atoms with Gasteiger partial charge in [0.1, 0.15) is 17.2 Å². The normalized spacial score (nSPS) is 10.4. The van der Waals surface area contributed by atoms with Crippen LogP contribution in [-0.2, 0) is 0 Å². The second-order valence-electron chi connectivity index (χ2n) is 5.75. The first-order valence-electron chi connectivity index (χ1n) is 8.10. The summed E-state index contributed by atoms with van der Waals surface area (Å²) >= 11 is 0. The summed E-state index contributed by atoms with van der Waals surface area (Å²) in [5.41, 5.74) is 3.38. The Morgan fingerprint density at radius 1 is 0.962 bits per heavy atom. The highest BCUT2D eigenvalue weighted by Gasteiger charge is 2.17. The third kappa shape index (κ3) is 2.80. The zero-order chi connectivity index (χ0) is 17.9. The zero-order valence-corrected chi connectivity index (χ0v) is 13.8. The molecule has 0 aliphatic heterocycles. The smallest absolute Gasteiger partial charge is 0.256 e. The molecule has 0 bridgehead atoms. The van der Waals surface area contributed by atoms with Gasteiger partial charge in [-0.2, -0.15) is 5.26 Å². The molecule has 0 radical (unpaired) electrons. The van der Waals surface area contributed by atoms with Gasteiger partial charge in [-0.05, 0) is 36.4 Å². The number of carbonyl (C=O) groups is 1. The first-order valence-corrected chi connectivity index (χ1v) is 8.10. The Morgan fingerprint density at radius 2 is 1.69 bits per heavy atom. The van der Waals surface area contributed by atoms with E-state index in [1.165, 1.54) is 0 Å². The molecule has 26 heavy (non-hydrogen) atoms. The average Bonchev–Trinajstić information content (AvgIpc) is 3.07. The lowest BCUT2D eigenvalue weighted by Gasteiger charge is -2.08. The topological polar surface area (TPSA) is 70.2 Å². The summed E-state index contributed by atoms with van der Waals surface area (Å²) in [6.45, 7) is 0.